The lowest BCUT2D eigenvalue weighted by atomic mass is 10.2. The summed E-state index contributed by atoms with van der Waals surface area (Å²) in [6, 6.07) is 7.50. The van der Waals surface area contributed by atoms with E-state index in [1.165, 1.54) is 6.20 Å². The summed E-state index contributed by atoms with van der Waals surface area (Å²) >= 11 is 0. The number of aromatic nitrogens is 2. The molecule has 2 rings (SSSR count). The van der Waals surface area contributed by atoms with Gasteiger partial charge in [-0.25, -0.2) is 0 Å². The molecule has 5 heteroatoms. The van der Waals surface area contributed by atoms with Crippen LogP contribution >= 0.6 is 0 Å². The lowest BCUT2D eigenvalue weighted by molar-refractivity contribution is 0.456. The maximum Gasteiger partial charge on any atom is 0.231 e. The van der Waals surface area contributed by atoms with Gasteiger partial charge in [0.15, 0.2) is 0 Å². The van der Waals surface area contributed by atoms with Crippen molar-refractivity contribution in [2.24, 2.45) is 0 Å². The quantitative estimate of drug-likeness (QED) is 0.631. The summed E-state index contributed by atoms with van der Waals surface area (Å²) in [7, 11) is 0. The van der Waals surface area contributed by atoms with E-state index in [-0.39, 0.29) is 11.8 Å². The minimum atomic E-state index is -0.0815. The SMILES string of the molecule is Nc1ccccc1Cn1cc(O)nc1N. The highest BCUT2D eigenvalue weighted by Crippen LogP contribution is 2.16. The molecule has 0 bridgehead atoms. The number of anilines is 2. The van der Waals surface area contributed by atoms with Crippen molar-refractivity contribution in [3.8, 4) is 5.88 Å². The molecule has 2 aromatic rings. The van der Waals surface area contributed by atoms with Crippen LogP contribution < -0.4 is 11.5 Å². The second-order valence-corrected chi connectivity index (χ2v) is 3.28. The average molecular weight is 204 g/mol. The molecule has 1 heterocycles. The number of rotatable bonds is 2. The van der Waals surface area contributed by atoms with E-state index in [1.807, 2.05) is 24.3 Å². The van der Waals surface area contributed by atoms with E-state index in [4.69, 9.17) is 16.6 Å². The molecule has 0 aliphatic heterocycles. The summed E-state index contributed by atoms with van der Waals surface area (Å²) in [5.41, 5.74) is 13.0. The fraction of sp³-hybridized carbons (Fsp3) is 0.100. The van der Waals surface area contributed by atoms with Crippen LogP contribution in [0.15, 0.2) is 30.5 Å². The normalized spacial score (nSPS) is 10.4. The molecule has 15 heavy (non-hydrogen) atoms. The van der Waals surface area contributed by atoms with Gasteiger partial charge in [-0.15, -0.1) is 0 Å². The zero-order chi connectivity index (χ0) is 10.8. The van der Waals surface area contributed by atoms with E-state index < -0.39 is 0 Å². The second-order valence-electron chi connectivity index (χ2n) is 3.28. The summed E-state index contributed by atoms with van der Waals surface area (Å²) < 4.78 is 1.64. The summed E-state index contributed by atoms with van der Waals surface area (Å²) in [4.78, 5) is 3.69. The smallest absolute Gasteiger partial charge is 0.231 e. The van der Waals surface area contributed by atoms with E-state index in [9.17, 15) is 0 Å². The van der Waals surface area contributed by atoms with Crippen molar-refractivity contribution in [2.45, 2.75) is 6.54 Å². The molecular weight excluding hydrogens is 192 g/mol. The van der Waals surface area contributed by atoms with Gasteiger partial charge < -0.3 is 21.1 Å². The average Bonchev–Trinajstić information content (AvgIpc) is 2.49. The summed E-state index contributed by atoms with van der Waals surface area (Å²) in [6.07, 6.45) is 1.47. The van der Waals surface area contributed by atoms with Crippen molar-refractivity contribution >= 4 is 11.6 Å². The van der Waals surface area contributed by atoms with Crippen molar-refractivity contribution in [1.29, 1.82) is 0 Å². The van der Waals surface area contributed by atoms with Crippen molar-refractivity contribution in [3.05, 3.63) is 36.0 Å². The van der Waals surface area contributed by atoms with Crippen molar-refractivity contribution in [2.75, 3.05) is 11.5 Å². The zero-order valence-corrected chi connectivity index (χ0v) is 8.09. The number of benzene rings is 1. The Bertz CT molecular complexity index is 478. The molecule has 5 nitrogen and oxygen atoms in total. The van der Waals surface area contributed by atoms with Crippen LogP contribution in [0.1, 0.15) is 5.56 Å². The van der Waals surface area contributed by atoms with E-state index in [1.54, 1.807) is 4.57 Å². The number of hydrogen-bond acceptors (Lipinski definition) is 4. The van der Waals surface area contributed by atoms with Gasteiger partial charge in [0.2, 0.25) is 11.8 Å². The number of imidazole rings is 1. The summed E-state index contributed by atoms with van der Waals surface area (Å²) in [5, 5.41) is 9.14. The number of nitrogens with zero attached hydrogens (tertiary/aromatic N) is 2. The number of hydrogen-bond donors (Lipinski definition) is 3. The van der Waals surface area contributed by atoms with E-state index in [2.05, 4.69) is 4.98 Å². The molecule has 0 aliphatic carbocycles. The predicted molar refractivity (Wildman–Crippen MR) is 58.3 cm³/mol. The lowest BCUT2D eigenvalue weighted by Gasteiger charge is -2.06. The van der Waals surface area contributed by atoms with E-state index >= 15 is 0 Å². The molecule has 0 spiro atoms. The molecule has 0 fully saturated rings. The maximum absolute atomic E-state index is 9.14. The fourth-order valence-corrected chi connectivity index (χ4v) is 1.40. The van der Waals surface area contributed by atoms with Crippen LogP contribution in [0.5, 0.6) is 5.88 Å². The first kappa shape index (κ1) is 9.39. The van der Waals surface area contributed by atoms with Gasteiger partial charge in [0.1, 0.15) is 0 Å². The Balaban J connectivity index is 2.29. The van der Waals surface area contributed by atoms with Gasteiger partial charge in [-0.2, -0.15) is 4.98 Å². The molecule has 0 unspecified atom stereocenters. The topological polar surface area (TPSA) is 90.1 Å². The predicted octanol–water partition coefficient (Wildman–Crippen LogP) is 0.801. The number of nitrogen functional groups attached to an aromatic ring is 2. The molecule has 0 atom stereocenters. The molecule has 0 saturated heterocycles. The first-order chi connectivity index (χ1) is 7.16. The van der Waals surface area contributed by atoms with Crippen LogP contribution in [0.2, 0.25) is 0 Å². The molecule has 78 valence electrons. The third-order valence-corrected chi connectivity index (χ3v) is 2.19. The van der Waals surface area contributed by atoms with Gasteiger partial charge in [-0.3, -0.25) is 0 Å². The number of para-hydroxylation sites is 1. The fourth-order valence-electron chi connectivity index (χ4n) is 1.40. The first-order valence-electron chi connectivity index (χ1n) is 4.52. The van der Waals surface area contributed by atoms with E-state index in [0.29, 0.717) is 12.2 Å². The van der Waals surface area contributed by atoms with Gasteiger partial charge in [0, 0.05) is 5.69 Å². The van der Waals surface area contributed by atoms with Gasteiger partial charge in [-0.1, -0.05) is 18.2 Å². The lowest BCUT2D eigenvalue weighted by Crippen LogP contribution is -2.05. The largest absolute Gasteiger partial charge is 0.492 e. The molecule has 1 aromatic heterocycles. The first-order valence-corrected chi connectivity index (χ1v) is 4.52. The number of aromatic hydroxyl groups is 1. The summed E-state index contributed by atoms with van der Waals surface area (Å²) in [5.74, 6) is 0.192. The van der Waals surface area contributed by atoms with E-state index in [0.717, 1.165) is 5.56 Å². The monoisotopic (exact) mass is 204 g/mol. The Labute approximate surface area is 87.0 Å². The maximum atomic E-state index is 9.14. The molecule has 0 aliphatic rings. The van der Waals surface area contributed by atoms with Gasteiger partial charge >= 0.3 is 0 Å². The minimum Gasteiger partial charge on any atom is -0.492 e. The molecule has 0 saturated carbocycles. The van der Waals surface area contributed by atoms with Gasteiger partial charge in [0.05, 0.1) is 12.7 Å². The van der Waals surface area contributed by atoms with Crippen LogP contribution in [0.25, 0.3) is 0 Å². The Morgan fingerprint density at radius 3 is 2.60 bits per heavy atom. The molecule has 0 amide bonds. The highest BCUT2D eigenvalue weighted by atomic mass is 16.3. The molecule has 1 aromatic carbocycles. The Morgan fingerprint density at radius 1 is 1.27 bits per heavy atom. The van der Waals surface area contributed by atoms with Crippen LogP contribution in [0.3, 0.4) is 0 Å². The Kier molecular flexibility index (Phi) is 2.21. The third kappa shape index (κ3) is 1.85. The highest BCUT2D eigenvalue weighted by molar-refractivity contribution is 5.47. The van der Waals surface area contributed by atoms with Crippen LogP contribution in [0.4, 0.5) is 11.6 Å². The van der Waals surface area contributed by atoms with Gasteiger partial charge in [0.25, 0.3) is 0 Å². The van der Waals surface area contributed by atoms with Crippen molar-refractivity contribution in [3.63, 3.8) is 0 Å². The Morgan fingerprint density at radius 2 is 2.00 bits per heavy atom. The second kappa shape index (κ2) is 3.53. The van der Waals surface area contributed by atoms with Crippen LogP contribution in [-0.4, -0.2) is 14.7 Å². The molecule has 0 radical (unpaired) electrons. The summed E-state index contributed by atoms with van der Waals surface area (Å²) in [6.45, 7) is 0.506. The highest BCUT2D eigenvalue weighted by Gasteiger charge is 2.05. The minimum absolute atomic E-state index is 0.0815. The van der Waals surface area contributed by atoms with Crippen LogP contribution in [-0.2, 0) is 6.54 Å². The standard InChI is InChI=1S/C10H12N4O/c11-8-4-2-1-3-7(8)5-14-6-9(15)13-10(14)12/h1-4,6,15H,5,11H2,(H2,12,13). The molecule has 5 N–H and O–H groups in total. The van der Waals surface area contributed by atoms with Crippen molar-refractivity contribution in [1.82, 2.24) is 9.55 Å². The third-order valence-electron chi connectivity index (χ3n) is 2.19. The van der Waals surface area contributed by atoms with Crippen LogP contribution in [0, 0.1) is 0 Å². The zero-order valence-electron chi connectivity index (χ0n) is 8.09. The molecular formula is C10H12N4O. The Hall–Kier alpha value is -2.17. The van der Waals surface area contributed by atoms with Crippen molar-refractivity contribution < 1.29 is 5.11 Å². The van der Waals surface area contributed by atoms with Gasteiger partial charge in [-0.05, 0) is 11.6 Å². The number of nitrogens with two attached hydrogens (primary N) is 2.